The standard InChI is InChI=1S/C12H23NO4/c1-4-6-9(7-5-2)12(16)17-8(3)10(13)11(14)15/h8-10H,4-7,13H2,1-3H3,(H,14,15)/t8-,10-/m0/s1. The van der Waals surface area contributed by atoms with Crippen molar-refractivity contribution in [3.8, 4) is 0 Å². The quantitative estimate of drug-likeness (QED) is 0.633. The molecule has 5 nitrogen and oxygen atoms in total. The highest BCUT2D eigenvalue weighted by atomic mass is 16.5. The number of hydrogen-bond acceptors (Lipinski definition) is 4. The fourth-order valence-corrected chi connectivity index (χ4v) is 1.63. The molecule has 0 aliphatic rings. The van der Waals surface area contributed by atoms with Gasteiger partial charge in [-0.1, -0.05) is 26.7 Å². The molecule has 0 spiro atoms. The van der Waals surface area contributed by atoms with Crippen molar-refractivity contribution in [3.63, 3.8) is 0 Å². The lowest BCUT2D eigenvalue weighted by Crippen LogP contribution is -2.43. The molecule has 5 heteroatoms. The normalized spacial score (nSPS) is 14.4. The number of hydrogen-bond donors (Lipinski definition) is 2. The minimum Gasteiger partial charge on any atom is -0.480 e. The summed E-state index contributed by atoms with van der Waals surface area (Å²) in [6.07, 6.45) is 2.54. The minimum absolute atomic E-state index is 0.145. The summed E-state index contributed by atoms with van der Waals surface area (Å²) in [5, 5.41) is 8.69. The number of carbonyl (C=O) groups excluding carboxylic acids is 1. The number of carbonyl (C=O) groups is 2. The van der Waals surface area contributed by atoms with Crippen LogP contribution in [0.5, 0.6) is 0 Å². The van der Waals surface area contributed by atoms with Gasteiger partial charge in [0.1, 0.15) is 12.1 Å². The number of aliphatic carboxylic acids is 1. The summed E-state index contributed by atoms with van der Waals surface area (Å²) in [6.45, 7) is 5.51. The third-order valence-corrected chi connectivity index (χ3v) is 2.70. The topological polar surface area (TPSA) is 89.6 Å². The number of rotatable bonds is 8. The molecule has 0 amide bonds. The van der Waals surface area contributed by atoms with Gasteiger partial charge in [0.15, 0.2) is 0 Å². The zero-order valence-electron chi connectivity index (χ0n) is 10.8. The molecule has 0 aromatic heterocycles. The molecule has 3 N–H and O–H groups in total. The monoisotopic (exact) mass is 245 g/mol. The highest BCUT2D eigenvalue weighted by Crippen LogP contribution is 2.16. The lowest BCUT2D eigenvalue weighted by molar-refractivity contribution is -0.158. The predicted octanol–water partition coefficient (Wildman–Crippen LogP) is 1.55. The average molecular weight is 245 g/mol. The Hall–Kier alpha value is -1.10. The second-order valence-electron chi connectivity index (χ2n) is 4.28. The third-order valence-electron chi connectivity index (χ3n) is 2.70. The van der Waals surface area contributed by atoms with Crippen LogP contribution in [0.2, 0.25) is 0 Å². The van der Waals surface area contributed by atoms with Gasteiger partial charge in [-0.15, -0.1) is 0 Å². The fraction of sp³-hybridized carbons (Fsp3) is 0.833. The highest BCUT2D eigenvalue weighted by Gasteiger charge is 2.26. The van der Waals surface area contributed by atoms with Crippen molar-refractivity contribution >= 4 is 11.9 Å². The van der Waals surface area contributed by atoms with Gasteiger partial charge in [-0.2, -0.15) is 0 Å². The molecule has 0 saturated heterocycles. The van der Waals surface area contributed by atoms with Crippen LogP contribution in [0.15, 0.2) is 0 Å². The zero-order valence-corrected chi connectivity index (χ0v) is 10.8. The van der Waals surface area contributed by atoms with Crippen molar-refractivity contribution in [3.05, 3.63) is 0 Å². The second kappa shape index (κ2) is 8.06. The van der Waals surface area contributed by atoms with Crippen LogP contribution >= 0.6 is 0 Å². The maximum absolute atomic E-state index is 11.8. The largest absolute Gasteiger partial charge is 0.480 e. The van der Waals surface area contributed by atoms with Gasteiger partial charge >= 0.3 is 11.9 Å². The summed E-state index contributed by atoms with van der Waals surface area (Å²) in [7, 11) is 0. The van der Waals surface area contributed by atoms with Crippen LogP contribution in [-0.2, 0) is 14.3 Å². The van der Waals surface area contributed by atoms with Gasteiger partial charge in [0.25, 0.3) is 0 Å². The number of carboxylic acid groups (broad SMARTS) is 1. The van der Waals surface area contributed by atoms with E-state index in [-0.39, 0.29) is 11.9 Å². The Morgan fingerprint density at radius 3 is 2.06 bits per heavy atom. The first-order valence-corrected chi connectivity index (χ1v) is 6.12. The van der Waals surface area contributed by atoms with Gasteiger partial charge < -0.3 is 15.6 Å². The first-order valence-electron chi connectivity index (χ1n) is 6.12. The number of carboxylic acids is 1. The first kappa shape index (κ1) is 15.9. The molecule has 0 saturated carbocycles. The summed E-state index contributed by atoms with van der Waals surface area (Å²) < 4.78 is 5.10. The van der Waals surface area contributed by atoms with E-state index in [4.69, 9.17) is 15.6 Å². The molecule has 17 heavy (non-hydrogen) atoms. The molecule has 0 radical (unpaired) electrons. The van der Waals surface area contributed by atoms with E-state index in [0.29, 0.717) is 0 Å². The van der Waals surface area contributed by atoms with E-state index in [1.807, 2.05) is 13.8 Å². The Morgan fingerprint density at radius 1 is 1.24 bits per heavy atom. The smallest absolute Gasteiger partial charge is 0.324 e. The van der Waals surface area contributed by atoms with Crippen molar-refractivity contribution in [2.45, 2.75) is 58.6 Å². The molecule has 0 aromatic carbocycles. The van der Waals surface area contributed by atoms with Crippen molar-refractivity contribution in [2.24, 2.45) is 11.7 Å². The minimum atomic E-state index is -1.16. The Labute approximate surface area is 102 Å². The fourth-order valence-electron chi connectivity index (χ4n) is 1.63. The van der Waals surface area contributed by atoms with Crippen molar-refractivity contribution in [2.75, 3.05) is 0 Å². The third kappa shape index (κ3) is 5.68. The Bertz CT molecular complexity index is 249. The molecular weight excluding hydrogens is 222 g/mol. The number of ether oxygens (including phenoxy) is 1. The van der Waals surface area contributed by atoms with E-state index >= 15 is 0 Å². The Kier molecular flexibility index (Phi) is 7.54. The van der Waals surface area contributed by atoms with E-state index in [0.717, 1.165) is 25.7 Å². The lowest BCUT2D eigenvalue weighted by Gasteiger charge is -2.20. The molecule has 0 heterocycles. The van der Waals surface area contributed by atoms with Crippen molar-refractivity contribution in [1.29, 1.82) is 0 Å². The first-order chi connectivity index (χ1) is 7.93. The molecule has 0 aliphatic heterocycles. The van der Waals surface area contributed by atoms with Gasteiger partial charge in [-0.05, 0) is 19.8 Å². The maximum atomic E-state index is 11.8. The molecule has 0 unspecified atom stereocenters. The van der Waals surface area contributed by atoms with E-state index in [1.54, 1.807) is 0 Å². The molecule has 0 bridgehead atoms. The molecule has 0 fully saturated rings. The van der Waals surface area contributed by atoms with E-state index in [1.165, 1.54) is 6.92 Å². The summed E-state index contributed by atoms with van der Waals surface area (Å²) in [4.78, 5) is 22.4. The summed E-state index contributed by atoms with van der Waals surface area (Å²) in [6, 6.07) is -1.16. The zero-order chi connectivity index (χ0) is 13.4. The number of esters is 1. The van der Waals surface area contributed by atoms with Crippen LogP contribution in [0, 0.1) is 5.92 Å². The molecule has 0 rings (SSSR count). The predicted molar refractivity (Wildman–Crippen MR) is 64.5 cm³/mol. The van der Waals surface area contributed by atoms with Gasteiger partial charge in [-0.3, -0.25) is 9.59 Å². The van der Waals surface area contributed by atoms with E-state index in [9.17, 15) is 9.59 Å². The van der Waals surface area contributed by atoms with Crippen molar-refractivity contribution in [1.82, 2.24) is 0 Å². The second-order valence-corrected chi connectivity index (χ2v) is 4.28. The molecule has 100 valence electrons. The highest BCUT2D eigenvalue weighted by molar-refractivity contribution is 5.76. The summed E-state index contributed by atoms with van der Waals surface area (Å²) in [5.74, 6) is -1.64. The van der Waals surface area contributed by atoms with Gasteiger partial charge in [0.05, 0.1) is 5.92 Å². The van der Waals surface area contributed by atoms with Crippen LogP contribution in [0.25, 0.3) is 0 Å². The molecule has 2 atom stereocenters. The summed E-state index contributed by atoms with van der Waals surface area (Å²) >= 11 is 0. The average Bonchev–Trinajstić information content (AvgIpc) is 2.27. The van der Waals surface area contributed by atoms with Crippen LogP contribution in [0.3, 0.4) is 0 Å². The Morgan fingerprint density at radius 2 is 1.71 bits per heavy atom. The van der Waals surface area contributed by atoms with Gasteiger partial charge in [-0.25, -0.2) is 0 Å². The van der Waals surface area contributed by atoms with Gasteiger partial charge in [0.2, 0.25) is 0 Å². The van der Waals surface area contributed by atoms with Crippen LogP contribution < -0.4 is 5.73 Å². The van der Waals surface area contributed by atoms with Gasteiger partial charge in [0, 0.05) is 0 Å². The van der Waals surface area contributed by atoms with Crippen LogP contribution in [-0.4, -0.2) is 29.2 Å². The number of nitrogens with two attached hydrogens (primary N) is 1. The SMILES string of the molecule is CCCC(CCC)C(=O)O[C@@H](C)[C@H](N)C(=O)O. The Balaban J connectivity index is 4.33. The van der Waals surface area contributed by atoms with Crippen LogP contribution in [0.1, 0.15) is 46.5 Å². The van der Waals surface area contributed by atoms with E-state index in [2.05, 4.69) is 0 Å². The molecule has 0 aromatic rings. The van der Waals surface area contributed by atoms with E-state index < -0.39 is 18.1 Å². The van der Waals surface area contributed by atoms with Crippen molar-refractivity contribution < 1.29 is 19.4 Å². The molecule has 0 aliphatic carbocycles. The van der Waals surface area contributed by atoms with Crippen LogP contribution in [0.4, 0.5) is 0 Å². The maximum Gasteiger partial charge on any atom is 0.324 e. The molecular formula is C12H23NO4. The lowest BCUT2D eigenvalue weighted by atomic mass is 9.98. The summed E-state index contributed by atoms with van der Waals surface area (Å²) in [5.41, 5.74) is 5.38.